The molecule has 1 aromatic heterocycles. The van der Waals surface area contributed by atoms with Gasteiger partial charge >= 0.3 is 0 Å². The highest BCUT2D eigenvalue weighted by atomic mass is 19.1. The molecule has 4 rings (SSSR count). The lowest BCUT2D eigenvalue weighted by Crippen LogP contribution is -2.14. The molecule has 0 atom stereocenters. The van der Waals surface area contributed by atoms with Crippen molar-refractivity contribution < 1.29 is 9.18 Å². The molecule has 0 spiro atoms. The number of carbonyl (C=O) groups excluding carboxylic acids is 1. The first kappa shape index (κ1) is 16.7. The number of aromatic nitrogens is 3. The Kier molecular flexibility index (Phi) is 4.45. The van der Waals surface area contributed by atoms with Crippen LogP contribution in [-0.4, -0.2) is 20.7 Å². The summed E-state index contributed by atoms with van der Waals surface area (Å²) in [5.74, 6) is -0.233. The molecule has 1 amide bonds. The Morgan fingerprint density at radius 1 is 0.852 bits per heavy atom. The third-order valence-electron chi connectivity index (χ3n) is 3.95. The largest absolute Gasteiger partial charge is 0.319 e. The Labute approximate surface area is 155 Å². The quantitative estimate of drug-likeness (QED) is 0.591. The number of nitrogens with zero attached hydrogens (tertiary/aromatic N) is 3. The van der Waals surface area contributed by atoms with Crippen molar-refractivity contribution in [2.45, 2.75) is 0 Å². The highest BCUT2D eigenvalue weighted by molar-refractivity contribution is 6.01. The zero-order valence-electron chi connectivity index (χ0n) is 14.2. The first-order valence-electron chi connectivity index (χ1n) is 8.35. The fourth-order valence-corrected chi connectivity index (χ4v) is 2.65. The van der Waals surface area contributed by atoms with E-state index in [9.17, 15) is 9.18 Å². The fraction of sp³-hybridized carbons (Fsp3) is 0. The van der Waals surface area contributed by atoms with Crippen molar-refractivity contribution >= 4 is 11.6 Å². The summed E-state index contributed by atoms with van der Waals surface area (Å²) in [5, 5.41) is 7.13. The van der Waals surface area contributed by atoms with Gasteiger partial charge in [0, 0.05) is 11.3 Å². The standard InChI is InChI=1S/C21H15FN4O/c22-16-11-13-18(14-12-16)26-20(15-7-3-1-4-8-15)24-19(25-26)21(27)23-17-9-5-2-6-10-17/h1-14H,(H,23,27). The Hall–Kier alpha value is -3.80. The molecule has 6 heteroatoms. The molecule has 0 aliphatic heterocycles. The maximum absolute atomic E-state index is 13.3. The van der Waals surface area contributed by atoms with E-state index in [1.165, 1.54) is 16.8 Å². The molecule has 0 fully saturated rings. The Balaban J connectivity index is 1.75. The van der Waals surface area contributed by atoms with Crippen molar-refractivity contribution in [3.63, 3.8) is 0 Å². The van der Waals surface area contributed by atoms with Crippen LogP contribution >= 0.6 is 0 Å². The second-order valence-corrected chi connectivity index (χ2v) is 5.83. The molecule has 0 saturated heterocycles. The van der Waals surface area contributed by atoms with E-state index in [-0.39, 0.29) is 11.6 Å². The fourth-order valence-electron chi connectivity index (χ4n) is 2.65. The van der Waals surface area contributed by atoms with Crippen LogP contribution in [0.2, 0.25) is 0 Å². The first-order chi connectivity index (χ1) is 13.2. The van der Waals surface area contributed by atoms with E-state index in [1.807, 2.05) is 48.5 Å². The van der Waals surface area contributed by atoms with E-state index in [1.54, 1.807) is 24.3 Å². The van der Waals surface area contributed by atoms with Crippen LogP contribution in [0.3, 0.4) is 0 Å². The topological polar surface area (TPSA) is 59.8 Å². The molecule has 5 nitrogen and oxygen atoms in total. The van der Waals surface area contributed by atoms with Gasteiger partial charge in [-0.15, -0.1) is 5.10 Å². The number of hydrogen-bond donors (Lipinski definition) is 1. The van der Waals surface area contributed by atoms with Gasteiger partial charge in [-0.25, -0.2) is 14.1 Å². The predicted octanol–water partition coefficient (Wildman–Crippen LogP) is 4.33. The molecule has 1 N–H and O–H groups in total. The molecular weight excluding hydrogens is 343 g/mol. The van der Waals surface area contributed by atoms with E-state index in [2.05, 4.69) is 15.4 Å². The molecule has 1 heterocycles. The molecule has 132 valence electrons. The van der Waals surface area contributed by atoms with Crippen LogP contribution < -0.4 is 5.32 Å². The van der Waals surface area contributed by atoms with E-state index >= 15 is 0 Å². The van der Waals surface area contributed by atoms with Crippen molar-refractivity contribution in [2.24, 2.45) is 0 Å². The van der Waals surface area contributed by atoms with Crippen molar-refractivity contribution in [1.82, 2.24) is 14.8 Å². The van der Waals surface area contributed by atoms with Crippen LogP contribution in [-0.2, 0) is 0 Å². The summed E-state index contributed by atoms with van der Waals surface area (Å²) < 4.78 is 14.8. The second-order valence-electron chi connectivity index (χ2n) is 5.83. The van der Waals surface area contributed by atoms with Crippen LogP contribution in [0.1, 0.15) is 10.6 Å². The highest BCUT2D eigenvalue weighted by Gasteiger charge is 2.18. The number of para-hydroxylation sites is 1. The second kappa shape index (κ2) is 7.21. The van der Waals surface area contributed by atoms with Crippen LogP contribution in [0.5, 0.6) is 0 Å². The van der Waals surface area contributed by atoms with Gasteiger partial charge in [-0.1, -0.05) is 48.5 Å². The average Bonchev–Trinajstić information content (AvgIpc) is 3.16. The summed E-state index contributed by atoms with van der Waals surface area (Å²) in [4.78, 5) is 17.0. The Morgan fingerprint density at radius 2 is 1.48 bits per heavy atom. The molecule has 0 aliphatic rings. The summed E-state index contributed by atoms with van der Waals surface area (Å²) >= 11 is 0. The molecule has 4 aromatic rings. The lowest BCUT2D eigenvalue weighted by atomic mass is 10.2. The summed E-state index contributed by atoms with van der Waals surface area (Å²) in [5.41, 5.74) is 2.07. The van der Waals surface area contributed by atoms with Crippen molar-refractivity contribution in [3.8, 4) is 17.1 Å². The lowest BCUT2D eigenvalue weighted by molar-refractivity contribution is 0.101. The third-order valence-corrected chi connectivity index (χ3v) is 3.95. The number of amides is 1. The Bertz CT molecular complexity index is 1060. The summed E-state index contributed by atoms with van der Waals surface area (Å²) in [6, 6.07) is 24.4. The minimum absolute atomic E-state index is 0.0297. The molecule has 0 radical (unpaired) electrons. The van der Waals surface area contributed by atoms with Crippen LogP contribution in [0, 0.1) is 5.82 Å². The van der Waals surface area contributed by atoms with Crippen LogP contribution in [0.25, 0.3) is 17.1 Å². The van der Waals surface area contributed by atoms with E-state index in [0.717, 1.165) is 5.56 Å². The minimum Gasteiger partial charge on any atom is -0.319 e. The lowest BCUT2D eigenvalue weighted by Gasteiger charge is -2.05. The SMILES string of the molecule is O=C(Nc1ccccc1)c1nc(-c2ccccc2)n(-c2ccc(F)cc2)n1. The number of rotatable bonds is 4. The van der Waals surface area contributed by atoms with Gasteiger partial charge in [0.25, 0.3) is 5.91 Å². The number of nitrogens with one attached hydrogen (secondary N) is 1. The van der Waals surface area contributed by atoms with Gasteiger partial charge < -0.3 is 5.32 Å². The predicted molar refractivity (Wildman–Crippen MR) is 101 cm³/mol. The van der Waals surface area contributed by atoms with Gasteiger partial charge in [0.1, 0.15) is 5.82 Å². The molecule has 0 bridgehead atoms. The maximum Gasteiger partial charge on any atom is 0.295 e. The van der Waals surface area contributed by atoms with E-state index in [0.29, 0.717) is 17.2 Å². The van der Waals surface area contributed by atoms with Gasteiger partial charge in [0.2, 0.25) is 5.82 Å². The van der Waals surface area contributed by atoms with Gasteiger partial charge in [-0.3, -0.25) is 4.79 Å². The molecule has 0 aliphatic carbocycles. The number of carbonyl (C=O) groups is 1. The summed E-state index contributed by atoms with van der Waals surface area (Å²) in [7, 11) is 0. The number of hydrogen-bond acceptors (Lipinski definition) is 3. The zero-order valence-corrected chi connectivity index (χ0v) is 14.2. The molecule has 27 heavy (non-hydrogen) atoms. The number of anilines is 1. The molecule has 3 aromatic carbocycles. The highest BCUT2D eigenvalue weighted by Crippen LogP contribution is 2.21. The summed E-state index contributed by atoms with van der Waals surface area (Å²) in [6.07, 6.45) is 0. The minimum atomic E-state index is -0.417. The van der Waals surface area contributed by atoms with Crippen LogP contribution in [0.4, 0.5) is 10.1 Å². The number of benzene rings is 3. The van der Waals surface area contributed by atoms with Gasteiger partial charge in [-0.2, -0.15) is 0 Å². The normalized spacial score (nSPS) is 10.6. The van der Waals surface area contributed by atoms with E-state index in [4.69, 9.17) is 0 Å². The van der Waals surface area contributed by atoms with Crippen LogP contribution in [0.15, 0.2) is 84.9 Å². The van der Waals surface area contributed by atoms with E-state index < -0.39 is 5.91 Å². The average molecular weight is 358 g/mol. The van der Waals surface area contributed by atoms with Crippen molar-refractivity contribution in [3.05, 3.63) is 96.6 Å². The van der Waals surface area contributed by atoms with Gasteiger partial charge in [-0.05, 0) is 36.4 Å². The Morgan fingerprint density at radius 3 is 2.15 bits per heavy atom. The van der Waals surface area contributed by atoms with Crippen molar-refractivity contribution in [1.29, 1.82) is 0 Å². The van der Waals surface area contributed by atoms with Gasteiger partial charge in [0.05, 0.1) is 5.69 Å². The molecular formula is C21H15FN4O. The first-order valence-corrected chi connectivity index (χ1v) is 8.35. The zero-order chi connectivity index (χ0) is 18.6. The van der Waals surface area contributed by atoms with Gasteiger partial charge in [0.15, 0.2) is 5.82 Å². The smallest absolute Gasteiger partial charge is 0.295 e. The van der Waals surface area contributed by atoms with Crippen molar-refractivity contribution in [2.75, 3.05) is 5.32 Å². The summed E-state index contributed by atoms with van der Waals surface area (Å²) in [6.45, 7) is 0. The molecule has 0 saturated carbocycles. The third kappa shape index (κ3) is 3.59. The number of halogens is 1. The maximum atomic E-state index is 13.3. The monoisotopic (exact) mass is 358 g/mol. The molecule has 0 unspecified atom stereocenters.